The summed E-state index contributed by atoms with van der Waals surface area (Å²) in [6.45, 7) is 6.36. The lowest BCUT2D eigenvalue weighted by Gasteiger charge is -2.18. The van der Waals surface area contributed by atoms with Crippen LogP contribution in [0.25, 0.3) is 11.4 Å². The van der Waals surface area contributed by atoms with Gasteiger partial charge >= 0.3 is 0 Å². The normalized spacial score (nSPS) is 11.8. The Labute approximate surface area is 118 Å². The van der Waals surface area contributed by atoms with Crippen LogP contribution in [0.1, 0.15) is 25.8 Å². The van der Waals surface area contributed by atoms with Crippen molar-refractivity contribution in [3.8, 4) is 11.4 Å². The van der Waals surface area contributed by atoms with E-state index in [4.69, 9.17) is 11.6 Å². The molecule has 1 N–H and O–H groups in total. The highest BCUT2D eigenvalue weighted by Crippen LogP contribution is 2.30. The monoisotopic (exact) mass is 278 g/mol. The molecule has 0 aliphatic heterocycles. The Morgan fingerprint density at radius 3 is 2.74 bits per heavy atom. The van der Waals surface area contributed by atoms with Crippen LogP contribution in [0.4, 0.5) is 0 Å². The molecule has 1 aromatic carbocycles. The second kappa shape index (κ2) is 5.35. The van der Waals surface area contributed by atoms with E-state index in [0.29, 0.717) is 18.0 Å². The largest absolute Gasteiger partial charge is 0.390 e. The van der Waals surface area contributed by atoms with Crippen molar-refractivity contribution in [3.05, 3.63) is 41.2 Å². The molecule has 0 saturated carbocycles. The minimum atomic E-state index is -0.683. The molecule has 4 heteroatoms. The summed E-state index contributed by atoms with van der Waals surface area (Å²) in [4.78, 5) is 4.41. The lowest BCUT2D eigenvalue weighted by Crippen LogP contribution is -2.21. The van der Waals surface area contributed by atoms with E-state index in [1.807, 2.05) is 49.7 Å². The van der Waals surface area contributed by atoms with Gasteiger partial charge in [-0.25, -0.2) is 4.98 Å². The van der Waals surface area contributed by atoms with Crippen molar-refractivity contribution in [2.75, 3.05) is 0 Å². The Morgan fingerprint density at radius 1 is 1.37 bits per heavy atom. The van der Waals surface area contributed by atoms with Crippen LogP contribution in [0.15, 0.2) is 30.6 Å². The molecule has 0 radical (unpaired) electrons. The van der Waals surface area contributed by atoms with E-state index in [-0.39, 0.29) is 0 Å². The number of aromatic nitrogens is 2. The SMILES string of the molecule is Cc1cccc(Cl)c1-c1nccn1CCC(C)(C)O. The van der Waals surface area contributed by atoms with Gasteiger partial charge < -0.3 is 9.67 Å². The minimum absolute atomic E-state index is 0.667. The Kier molecular flexibility index (Phi) is 3.97. The first-order chi connectivity index (χ1) is 8.88. The van der Waals surface area contributed by atoms with Gasteiger partial charge in [0.1, 0.15) is 5.82 Å². The van der Waals surface area contributed by atoms with E-state index >= 15 is 0 Å². The average molecular weight is 279 g/mol. The van der Waals surface area contributed by atoms with Gasteiger partial charge in [-0.15, -0.1) is 0 Å². The highest BCUT2D eigenvalue weighted by atomic mass is 35.5. The molecule has 1 aromatic heterocycles. The van der Waals surface area contributed by atoms with E-state index in [2.05, 4.69) is 4.98 Å². The van der Waals surface area contributed by atoms with Gasteiger partial charge in [0.25, 0.3) is 0 Å². The van der Waals surface area contributed by atoms with E-state index < -0.39 is 5.60 Å². The van der Waals surface area contributed by atoms with Crippen LogP contribution in [-0.2, 0) is 6.54 Å². The van der Waals surface area contributed by atoms with Crippen LogP contribution in [0.2, 0.25) is 5.02 Å². The quantitative estimate of drug-likeness (QED) is 0.927. The van der Waals surface area contributed by atoms with Gasteiger partial charge in [0, 0.05) is 24.5 Å². The summed E-state index contributed by atoms with van der Waals surface area (Å²) in [5.41, 5.74) is 1.38. The van der Waals surface area contributed by atoms with Crippen molar-refractivity contribution < 1.29 is 5.11 Å². The number of rotatable bonds is 4. The molecule has 0 aliphatic carbocycles. The topological polar surface area (TPSA) is 38.0 Å². The van der Waals surface area contributed by atoms with E-state index in [9.17, 15) is 5.11 Å². The summed E-state index contributed by atoms with van der Waals surface area (Å²) < 4.78 is 2.03. The third-order valence-electron chi connectivity index (χ3n) is 3.13. The van der Waals surface area contributed by atoms with Gasteiger partial charge in [0.2, 0.25) is 0 Å². The Balaban J connectivity index is 2.34. The predicted octanol–water partition coefficient (Wildman–Crippen LogP) is 3.67. The van der Waals surface area contributed by atoms with Crippen molar-refractivity contribution in [2.45, 2.75) is 39.3 Å². The second-order valence-corrected chi connectivity index (χ2v) is 5.85. The minimum Gasteiger partial charge on any atom is -0.390 e. The summed E-state index contributed by atoms with van der Waals surface area (Å²) in [5, 5.41) is 10.5. The number of hydrogen-bond donors (Lipinski definition) is 1. The molecular weight excluding hydrogens is 260 g/mol. The van der Waals surface area contributed by atoms with Crippen LogP contribution < -0.4 is 0 Å². The molecule has 2 rings (SSSR count). The smallest absolute Gasteiger partial charge is 0.141 e. The highest BCUT2D eigenvalue weighted by molar-refractivity contribution is 6.33. The number of nitrogens with zero attached hydrogens (tertiary/aromatic N) is 2. The maximum Gasteiger partial charge on any atom is 0.141 e. The van der Waals surface area contributed by atoms with Crippen molar-refractivity contribution in [1.29, 1.82) is 0 Å². The van der Waals surface area contributed by atoms with E-state index in [1.54, 1.807) is 6.20 Å². The van der Waals surface area contributed by atoms with Crippen LogP contribution in [0.5, 0.6) is 0 Å². The van der Waals surface area contributed by atoms with Gasteiger partial charge in [-0.2, -0.15) is 0 Å². The summed E-state index contributed by atoms with van der Waals surface area (Å²) in [7, 11) is 0. The number of imidazole rings is 1. The first-order valence-corrected chi connectivity index (χ1v) is 6.75. The third-order valence-corrected chi connectivity index (χ3v) is 3.44. The summed E-state index contributed by atoms with van der Waals surface area (Å²) in [5.74, 6) is 0.854. The number of halogens is 1. The molecule has 0 amide bonds. The van der Waals surface area contributed by atoms with Gasteiger partial charge in [-0.05, 0) is 38.8 Å². The van der Waals surface area contributed by atoms with Crippen LogP contribution in [-0.4, -0.2) is 20.3 Å². The molecule has 0 saturated heterocycles. The maximum absolute atomic E-state index is 9.83. The van der Waals surface area contributed by atoms with Gasteiger partial charge in [-0.1, -0.05) is 23.7 Å². The molecule has 0 bridgehead atoms. The molecule has 0 atom stereocenters. The fourth-order valence-electron chi connectivity index (χ4n) is 2.03. The zero-order valence-corrected chi connectivity index (χ0v) is 12.3. The standard InChI is InChI=1S/C15H19ClN2O/c1-11-5-4-6-12(16)13(11)14-17-8-10-18(14)9-7-15(2,3)19/h4-6,8,10,19H,7,9H2,1-3H3. The highest BCUT2D eigenvalue weighted by Gasteiger charge is 2.16. The molecule has 3 nitrogen and oxygen atoms in total. The predicted molar refractivity (Wildman–Crippen MR) is 78.3 cm³/mol. The Bertz CT molecular complexity index is 550. The first kappa shape index (κ1) is 14.1. The zero-order valence-electron chi connectivity index (χ0n) is 11.5. The molecule has 0 spiro atoms. The molecule has 0 unspecified atom stereocenters. The summed E-state index contributed by atoms with van der Waals surface area (Å²) in [6, 6.07) is 5.83. The van der Waals surface area contributed by atoms with Gasteiger partial charge in [-0.3, -0.25) is 0 Å². The molecule has 19 heavy (non-hydrogen) atoms. The van der Waals surface area contributed by atoms with Crippen molar-refractivity contribution in [3.63, 3.8) is 0 Å². The first-order valence-electron chi connectivity index (χ1n) is 6.37. The van der Waals surface area contributed by atoms with E-state index in [1.165, 1.54) is 0 Å². The number of hydrogen-bond acceptors (Lipinski definition) is 2. The Morgan fingerprint density at radius 2 is 2.11 bits per heavy atom. The van der Waals surface area contributed by atoms with Crippen LogP contribution >= 0.6 is 11.6 Å². The molecule has 0 fully saturated rings. The summed E-state index contributed by atoms with van der Waals surface area (Å²) >= 11 is 6.28. The van der Waals surface area contributed by atoms with Crippen LogP contribution in [0, 0.1) is 6.92 Å². The van der Waals surface area contributed by atoms with Crippen molar-refractivity contribution in [2.24, 2.45) is 0 Å². The molecule has 102 valence electrons. The third kappa shape index (κ3) is 3.37. The zero-order chi connectivity index (χ0) is 14.0. The Hall–Kier alpha value is -1.32. The fourth-order valence-corrected chi connectivity index (χ4v) is 2.33. The van der Waals surface area contributed by atoms with Crippen LogP contribution in [0.3, 0.4) is 0 Å². The lowest BCUT2D eigenvalue weighted by molar-refractivity contribution is 0.0663. The van der Waals surface area contributed by atoms with Gasteiger partial charge in [0.05, 0.1) is 10.6 Å². The van der Waals surface area contributed by atoms with Crippen molar-refractivity contribution in [1.82, 2.24) is 9.55 Å². The van der Waals surface area contributed by atoms with E-state index in [0.717, 1.165) is 17.0 Å². The van der Waals surface area contributed by atoms with Gasteiger partial charge in [0.15, 0.2) is 0 Å². The molecule has 2 aromatic rings. The number of aliphatic hydroxyl groups is 1. The average Bonchev–Trinajstić information content (AvgIpc) is 2.73. The fraction of sp³-hybridized carbons (Fsp3) is 0.400. The van der Waals surface area contributed by atoms with Crippen molar-refractivity contribution >= 4 is 11.6 Å². The molecule has 1 heterocycles. The number of aryl methyl sites for hydroxylation is 2. The summed E-state index contributed by atoms with van der Waals surface area (Å²) in [6.07, 6.45) is 4.35. The number of benzene rings is 1. The molecule has 0 aliphatic rings. The second-order valence-electron chi connectivity index (χ2n) is 5.44. The molecular formula is C15H19ClN2O. The maximum atomic E-state index is 9.83. The lowest BCUT2D eigenvalue weighted by atomic mass is 10.1.